The van der Waals surface area contributed by atoms with Gasteiger partial charge in [0.1, 0.15) is 5.75 Å². The fourth-order valence-corrected chi connectivity index (χ4v) is 2.96. The lowest BCUT2D eigenvalue weighted by molar-refractivity contribution is 0.280. The summed E-state index contributed by atoms with van der Waals surface area (Å²) in [6.07, 6.45) is 3.90. The molecule has 0 bridgehead atoms. The zero-order valence-electron chi connectivity index (χ0n) is 11.4. The molecule has 3 heteroatoms. The summed E-state index contributed by atoms with van der Waals surface area (Å²) >= 11 is 6.15. The summed E-state index contributed by atoms with van der Waals surface area (Å²) in [5.74, 6) is 2.27. The van der Waals surface area contributed by atoms with E-state index >= 15 is 0 Å². The zero-order chi connectivity index (χ0) is 13.1. The number of halogens is 1. The number of rotatable bonds is 3. The third-order valence-electron chi connectivity index (χ3n) is 3.96. The molecule has 18 heavy (non-hydrogen) atoms. The third-order valence-corrected chi connectivity index (χ3v) is 4.26. The van der Waals surface area contributed by atoms with E-state index in [0.29, 0.717) is 11.1 Å². The van der Waals surface area contributed by atoms with Crippen molar-refractivity contribution in [2.75, 3.05) is 12.4 Å². The molecule has 1 aliphatic rings. The normalized spacial score (nSPS) is 27.9. The summed E-state index contributed by atoms with van der Waals surface area (Å²) in [5, 5.41) is 4.28. The maximum atomic E-state index is 6.15. The standard InChI is InChI=1S/C15H22ClNO/c1-10-4-5-11(2)14(8-10)17-12-6-7-15(18-3)13(16)9-12/h6-7,9-11,14,17H,4-5,8H2,1-3H3. The molecule has 2 rings (SSSR count). The first-order chi connectivity index (χ1) is 8.60. The Morgan fingerprint density at radius 2 is 2.06 bits per heavy atom. The van der Waals surface area contributed by atoms with Gasteiger partial charge >= 0.3 is 0 Å². The van der Waals surface area contributed by atoms with Crippen LogP contribution in [0.25, 0.3) is 0 Å². The van der Waals surface area contributed by atoms with Gasteiger partial charge in [0.2, 0.25) is 0 Å². The Morgan fingerprint density at radius 1 is 1.28 bits per heavy atom. The van der Waals surface area contributed by atoms with Crippen LogP contribution in [0.15, 0.2) is 18.2 Å². The summed E-state index contributed by atoms with van der Waals surface area (Å²) in [5.41, 5.74) is 1.09. The molecule has 3 atom stereocenters. The summed E-state index contributed by atoms with van der Waals surface area (Å²) in [4.78, 5) is 0. The van der Waals surface area contributed by atoms with Gasteiger partial charge in [0, 0.05) is 11.7 Å². The van der Waals surface area contributed by atoms with Crippen LogP contribution in [-0.2, 0) is 0 Å². The fourth-order valence-electron chi connectivity index (χ4n) is 2.70. The molecule has 1 saturated carbocycles. The first kappa shape index (κ1) is 13.5. The molecule has 0 spiro atoms. The zero-order valence-corrected chi connectivity index (χ0v) is 12.1. The van der Waals surface area contributed by atoms with Crippen LogP contribution < -0.4 is 10.1 Å². The van der Waals surface area contributed by atoms with Crippen LogP contribution in [0.5, 0.6) is 5.75 Å². The lowest BCUT2D eigenvalue weighted by Crippen LogP contribution is -2.33. The highest BCUT2D eigenvalue weighted by molar-refractivity contribution is 6.32. The van der Waals surface area contributed by atoms with Crippen molar-refractivity contribution in [2.45, 2.75) is 39.2 Å². The molecule has 1 fully saturated rings. The Kier molecular flexibility index (Phi) is 4.39. The van der Waals surface area contributed by atoms with Gasteiger partial charge in [-0.15, -0.1) is 0 Å². The van der Waals surface area contributed by atoms with Gasteiger partial charge in [-0.3, -0.25) is 0 Å². The van der Waals surface area contributed by atoms with E-state index in [9.17, 15) is 0 Å². The van der Waals surface area contributed by atoms with Crippen molar-refractivity contribution in [3.63, 3.8) is 0 Å². The third kappa shape index (κ3) is 3.11. The van der Waals surface area contributed by atoms with Crippen LogP contribution in [-0.4, -0.2) is 13.2 Å². The molecule has 1 aromatic carbocycles. The quantitative estimate of drug-likeness (QED) is 0.865. The second-order valence-electron chi connectivity index (χ2n) is 5.50. The highest BCUT2D eigenvalue weighted by atomic mass is 35.5. The minimum absolute atomic E-state index is 0.554. The van der Waals surface area contributed by atoms with E-state index in [2.05, 4.69) is 19.2 Å². The smallest absolute Gasteiger partial charge is 0.137 e. The van der Waals surface area contributed by atoms with E-state index in [1.165, 1.54) is 19.3 Å². The van der Waals surface area contributed by atoms with E-state index in [1.807, 2.05) is 18.2 Å². The van der Waals surface area contributed by atoms with Gasteiger partial charge in [-0.1, -0.05) is 31.9 Å². The highest BCUT2D eigenvalue weighted by Crippen LogP contribution is 2.32. The number of hydrogen-bond donors (Lipinski definition) is 1. The van der Waals surface area contributed by atoms with Gasteiger partial charge in [-0.25, -0.2) is 0 Å². The summed E-state index contributed by atoms with van der Waals surface area (Å²) in [6.45, 7) is 4.66. The minimum atomic E-state index is 0.554. The van der Waals surface area contributed by atoms with Gasteiger partial charge in [0.25, 0.3) is 0 Å². The molecular formula is C15H22ClNO. The molecule has 0 radical (unpaired) electrons. The highest BCUT2D eigenvalue weighted by Gasteiger charge is 2.25. The van der Waals surface area contributed by atoms with Crippen molar-refractivity contribution in [3.05, 3.63) is 23.2 Å². The summed E-state index contributed by atoms with van der Waals surface area (Å²) in [7, 11) is 1.64. The van der Waals surface area contributed by atoms with Crippen LogP contribution in [0.2, 0.25) is 5.02 Å². The Balaban J connectivity index is 2.06. The molecule has 1 aliphatic carbocycles. The second kappa shape index (κ2) is 5.83. The van der Waals surface area contributed by atoms with E-state index in [0.717, 1.165) is 23.3 Å². The average molecular weight is 268 g/mol. The number of hydrogen-bond acceptors (Lipinski definition) is 2. The van der Waals surface area contributed by atoms with Crippen molar-refractivity contribution < 1.29 is 4.74 Å². The largest absolute Gasteiger partial charge is 0.495 e. The van der Waals surface area contributed by atoms with E-state index in [4.69, 9.17) is 16.3 Å². The van der Waals surface area contributed by atoms with Gasteiger partial charge < -0.3 is 10.1 Å². The van der Waals surface area contributed by atoms with Crippen LogP contribution >= 0.6 is 11.6 Å². The summed E-state index contributed by atoms with van der Waals surface area (Å²) < 4.78 is 5.17. The molecule has 3 unspecified atom stereocenters. The molecule has 0 amide bonds. The predicted octanol–water partition coefficient (Wildman–Crippen LogP) is 4.59. The maximum Gasteiger partial charge on any atom is 0.137 e. The van der Waals surface area contributed by atoms with Crippen molar-refractivity contribution in [1.29, 1.82) is 0 Å². The molecule has 2 nitrogen and oxygen atoms in total. The maximum absolute atomic E-state index is 6.15. The lowest BCUT2D eigenvalue weighted by Gasteiger charge is -2.34. The second-order valence-corrected chi connectivity index (χ2v) is 5.90. The van der Waals surface area contributed by atoms with Crippen molar-refractivity contribution in [1.82, 2.24) is 0 Å². The fraction of sp³-hybridized carbons (Fsp3) is 0.600. The molecule has 0 saturated heterocycles. The number of nitrogens with one attached hydrogen (secondary N) is 1. The van der Waals surface area contributed by atoms with Gasteiger partial charge in [0.05, 0.1) is 12.1 Å². The lowest BCUT2D eigenvalue weighted by atomic mass is 9.80. The Bertz CT molecular complexity index is 407. The van der Waals surface area contributed by atoms with Crippen LogP contribution in [0, 0.1) is 11.8 Å². The molecular weight excluding hydrogens is 246 g/mol. The molecule has 1 N–H and O–H groups in total. The molecule has 1 aromatic rings. The number of benzene rings is 1. The Labute approximate surface area is 115 Å². The molecule has 0 aliphatic heterocycles. The Morgan fingerprint density at radius 3 is 2.72 bits per heavy atom. The SMILES string of the molecule is COc1ccc(NC2CC(C)CCC2C)cc1Cl. The van der Waals surface area contributed by atoms with Gasteiger partial charge in [0.15, 0.2) is 0 Å². The van der Waals surface area contributed by atoms with Crippen LogP contribution in [0.4, 0.5) is 5.69 Å². The number of ether oxygens (including phenoxy) is 1. The van der Waals surface area contributed by atoms with Crippen molar-refractivity contribution in [2.24, 2.45) is 11.8 Å². The molecule has 0 heterocycles. The first-order valence-corrected chi connectivity index (χ1v) is 7.08. The van der Waals surface area contributed by atoms with Gasteiger partial charge in [-0.05, 0) is 42.9 Å². The van der Waals surface area contributed by atoms with E-state index < -0.39 is 0 Å². The topological polar surface area (TPSA) is 21.3 Å². The molecule has 0 aromatic heterocycles. The van der Waals surface area contributed by atoms with Crippen LogP contribution in [0.1, 0.15) is 33.1 Å². The monoisotopic (exact) mass is 267 g/mol. The van der Waals surface area contributed by atoms with Crippen molar-refractivity contribution >= 4 is 17.3 Å². The van der Waals surface area contributed by atoms with E-state index in [1.54, 1.807) is 7.11 Å². The van der Waals surface area contributed by atoms with E-state index in [-0.39, 0.29) is 0 Å². The minimum Gasteiger partial charge on any atom is -0.495 e. The average Bonchev–Trinajstić information content (AvgIpc) is 2.34. The Hall–Kier alpha value is -0.890. The summed E-state index contributed by atoms with van der Waals surface area (Å²) in [6, 6.07) is 6.46. The number of methoxy groups -OCH3 is 1. The predicted molar refractivity (Wildman–Crippen MR) is 77.6 cm³/mol. The molecule has 100 valence electrons. The van der Waals surface area contributed by atoms with Crippen LogP contribution in [0.3, 0.4) is 0 Å². The first-order valence-electron chi connectivity index (χ1n) is 6.70. The number of anilines is 1. The van der Waals surface area contributed by atoms with Gasteiger partial charge in [-0.2, -0.15) is 0 Å². The van der Waals surface area contributed by atoms with Crippen molar-refractivity contribution in [3.8, 4) is 5.75 Å².